The highest BCUT2D eigenvalue weighted by Crippen LogP contribution is 2.33. The van der Waals surface area contributed by atoms with Gasteiger partial charge in [-0.3, -0.25) is 24.4 Å². The molecule has 0 amide bonds. The number of hydrogen-bond donors (Lipinski definition) is 2. The Bertz CT molecular complexity index is 1090. The molecule has 0 saturated carbocycles. The summed E-state index contributed by atoms with van der Waals surface area (Å²) < 4.78 is 2.43. The van der Waals surface area contributed by atoms with Gasteiger partial charge in [-0.25, -0.2) is 0 Å². The zero-order valence-corrected chi connectivity index (χ0v) is 18.4. The molecule has 0 radical (unpaired) electrons. The highest BCUT2D eigenvalue weighted by atomic mass is 79.9. The van der Waals surface area contributed by atoms with E-state index in [1.807, 2.05) is 35.2 Å². The van der Waals surface area contributed by atoms with Crippen LogP contribution in [0, 0.1) is 0 Å². The van der Waals surface area contributed by atoms with Crippen molar-refractivity contribution in [2.45, 2.75) is 19.1 Å². The number of benzene rings is 1. The summed E-state index contributed by atoms with van der Waals surface area (Å²) in [5.41, 5.74) is 2.51. The van der Waals surface area contributed by atoms with Crippen molar-refractivity contribution in [3.63, 3.8) is 0 Å². The van der Waals surface area contributed by atoms with E-state index in [4.69, 9.17) is 0 Å². The van der Waals surface area contributed by atoms with Crippen LogP contribution < -0.4 is 0 Å². The minimum absolute atomic E-state index is 0.218. The molecule has 1 fully saturated rings. The van der Waals surface area contributed by atoms with Gasteiger partial charge in [-0.1, -0.05) is 15.9 Å². The number of carboxylic acid groups (broad SMARTS) is 2. The number of aliphatic carboxylic acids is 2. The van der Waals surface area contributed by atoms with E-state index in [9.17, 15) is 19.8 Å². The van der Waals surface area contributed by atoms with E-state index in [-0.39, 0.29) is 6.54 Å². The van der Waals surface area contributed by atoms with E-state index in [0.717, 1.165) is 29.5 Å². The molecule has 0 bridgehead atoms. The van der Waals surface area contributed by atoms with Crippen molar-refractivity contribution < 1.29 is 19.8 Å². The van der Waals surface area contributed by atoms with Crippen LogP contribution in [0.4, 0.5) is 0 Å². The highest BCUT2D eigenvalue weighted by Gasteiger charge is 2.33. The number of carbonyl (C=O) groups is 2. The largest absolute Gasteiger partial charge is 0.480 e. The molecule has 1 aliphatic rings. The number of fused-ring (bicyclic) bond motifs is 1. The minimum atomic E-state index is -0.969. The van der Waals surface area contributed by atoms with Crippen LogP contribution in [0.3, 0.4) is 0 Å². The van der Waals surface area contributed by atoms with Gasteiger partial charge < -0.3 is 14.8 Å². The van der Waals surface area contributed by atoms with Crippen molar-refractivity contribution in [2.24, 2.45) is 0 Å². The standard InChI is InChI=1S/C22H23BrN4O4/c23-16-1-2-19-17(11-16)18(13-27(19)14-20(28)29)21(22(30)31)26-9-7-25(8-10-26)12-15-3-5-24-6-4-15/h1-6,11,13,21H,7-10,12,14H2,(H,28,29)(H,30,31). The first kappa shape index (κ1) is 21.5. The zero-order valence-electron chi connectivity index (χ0n) is 16.8. The summed E-state index contributed by atoms with van der Waals surface area (Å²) in [7, 11) is 0. The predicted molar refractivity (Wildman–Crippen MR) is 119 cm³/mol. The van der Waals surface area contributed by atoms with Gasteiger partial charge in [0.15, 0.2) is 0 Å². The first-order valence-corrected chi connectivity index (χ1v) is 10.8. The number of nitrogens with zero attached hydrogens (tertiary/aromatic N) is 4. The normalized spacial score (nSPS) is 16.4. The molecule has 4 rings (SSSR count). The maximum Gasteiger partial charge on any atom is 0.325 e. The number of piperazine rings is 1. The third kappa shape index (κ3) is 4.79. The maximum atomic E-state index is 12.3. The molecule has 0 aliphatic carbocycles. The predicted octanol–water partition coefficient (Wildman–Crippen LogP) is 2.83. The van der Waals surface area contributed by atoms with Gasteiger partial charge in [0.1, 0.15) is 12.6 Å². The third-order valence-corrected chi connectivity index (χ3v) is 6.13. The van der Waals surface area contributed by atoms with Crippen molar-refractivity contribution in [3.05, 3.63) is 64.5 Å². The molecule has 1 atom stereocenters. The Kier molecular flexibility index (Phi) is 6.35. The Morgan fingerprint density at radius 1 is 1.06 bits per heavy atom. The molecular weight excluding hydrogens is 464 g/mol. The summed E-state index contributed by atoms with van der Waals surface area (Å²) in [6.45, 7) is 3.32. The quantitative estimate of drug-likeness (QED) is 0.529. The van der Waals surface area contributed by atoms with Gasteiger partial charge in [-0.15, -0.1) is 0 Å². The van der Waals surface area contributed by atoms with Crippen molar-refractivity contribution in [1.82, 2.24) is 19.4 Å². The monoisotopic (exact) mass is 486 g/mol. The molecular formula is C22H23BrN4O4. The molecule has 8 nitrogen and oxygen atoms in total. The van der Waals surface area contributed by atoms with Gasteiger partial charge >= 0.3 is 11.9 Å². The lowest BCUT2D eigenvalue weighted by atomic mass is 10.0. The van der Waals surface area contributed by atoms with Gasteiger partial charge in [0.25, 0.3) is 0 Å². The number of carboxylic acids is 2. The van der Waals surface area contributed by atoms with Crippen LogP contribution in [0.15, 0.2) is 53.4 Å². The van der Waals surface area contributed by atoms with Gasteiger partial charge in [0.05, 0.1) is 0 Å². The summed E-state index contributed by atoms with van der Waals surface area (Å²) in [5.74, 6) is -1.90. The Morgan fingerprint density at radius 2 is 1.77 bits per heavy atom. The molecule has 162 valence electrons. The summed E-state index contributed by atoms with van der Waals surface area (Å²) in [6, 6.07) is 8.65. The molecule has 31 heavy (non-hydrogen) atoms. The number of hydrogen-bond acceptors (Lipinski definition) is 5. The Balaban J connectivity index is 1.58. The van der Waals surface area contributed by atoms with Crippen molar-refractivity contribution in [1.29, 1.82) is 0 Å². The second-order valence-corrected chi connectivity index (χ2v) is 8.59. The molecule has 1 aromatic carbocycles. The van der Waals surface area contributed by atoms with E-state index >= 15 is 0 Å². The van der Waals surface area contributed by atoms with Crippen LogP contribution in [0.2, 0.25) is 0 Å². The number of aromatic nitrogens is 2. The fraction of sp³-hybridized carbons (Fsp3) is 0.318. The van der Waals surface area contributed by atoms with E-state index < -0.39 is 18.0 Å². The van der Waals surface area contributed by atoms with Crippen LogP contribution in [0.1, 0.15) is 17.2 Å². The molecule has 3 heterocycles. The maximum absolute atomic E-state index is 12.3. The van der Waals surface area contributed by atoms with E-state index in [2.05, 4.69) is 25.8 Å². The first-order chi connectivity index (χ1) is 14.9. The van der Waals surface area contributed by atoms with E-state index in [0.29, 0.717) is 24.2 Å². The van der Waals surface area contributed by atoms with Crippen LogP contribution in [0.25, 0.3) is 10.9 Å². The lowest BCUT2D eigenvalue weighted by Gasteiger charge is -2.37. The van der Waals surface area contributed by atoms with Crippen LogP contribution >= 0.6 is 15.9 Å². The van der Waals surface area contributed by atoms with Crippen molar-refractivity contribution in [2.75, 3.05) is 26.2 Å². The molecule has 1 unspecified atom stereocenters. The zero-order chi connectivity index (χ0) is 22.0. The van der Waals surface area contributed by atoms with Gasteiger partial charge in [0, 0.05) is 72.3 Å². The van der Waals surface area contributed by atoms with Gasteiger partial charge in [-0.2, -0.15) is 0 Å². The topological polar surface area (TPSA) is 98.9 Å². The molecule has 2 aromatic heterocycles. The summed E-state index contributed by atoms with van der Waals surface area (Å²) >= 11 is 3.45. The lowest BCUT2D eigenvalue weighted by Crippen LogP contribution is -2.48. The highest BCUT2D eigenvalue weighted by molar-refractivity contribution is 9.10. The number of pyridine rings is 1. The SMILES string of the molecule is O=C(O)Cn1cc(C(C(=O)O)N2CCN(Cc3ccncc3)CC2)c2cc(Br)ccc21. The fourth-order valence-electron chi connectivity index (χ4n) is 4.20. The van der Waals surface area contributed by atoms with E-state index in [1.165, 1.54) is 5.56 Å². The lowest BCUT2D eigenvalue weighted by molar-refractivity contribution is -0.144. The van der Waals surface area contributed by atoms with E-state index in [1.54, 1.807) is 23.2 Å². The molecule has 1 aliphatic heterocycles. The minimum Gasteiger partial charge on any atom is -0.480 e. The second-order valence-electron chi connectivity index (χ2n) is 7.68. The second kappa shape index (κ2) is 9.17. The van der Waals surface area contributed by atoms with Crippen LogP contribution in [-0.2, 0) is 22.7 Å². The number of halogens is 1. The van der Waals surface area contributed by atoms with Gasteiger partial charge in [0.2, 0.25) is 0 Å². The van der Waals surface area contributed by atoms with Crippen LogP contribution in [0.5, 0.6) is 0 Å². The first-order valence-electron chi connectivity index (χ1n) is 10.0. The smallest absolute Gasteiger partial charge is 0.325 e. The fourth-order valence-corrected chi connectivity index (χ4v) is 4.56. The summed E-state index contributed by atoms with van der Waals surface area (Å²) in [6.07, 6.45) is 5.22. The van der Waals surface area contributed by atoms with Crippen LogP contribution in [-0.4, -0.2) is 67.7 Å². The molecule has 9 heteroatoms. The Morgan fingerprint density at radius 3 is 2.42 bits per heavy atom. The molecule has 2 N–H and O–H groups in total. The number of rotatable bonds is 7. The summed E-state index contributed by atoms with van der Waals surface area (Å²) in [5, 5.41) is 20.1. The van der Waals surface area contributed by atoms with Crippen molar-refractivity contribution in [3.8, 4) is 0 Å². The van der Waals surface area contributed by atoms with Crippen molar-refractivity contribution >= 4 is 38.8 Å². The molecule has 0 spiro atoms. The Labute approximate surface area is 187 Å². The third-order valence-electron chi connectivity index (χ3n) is 5.64. The molecule has 3 aromatic rings. The average Bonchev–Trinajstić information content (AvgIpc) is 3.06. The summed E-state index contributed by atoms with van der Waals surface area (Å²) in [4.78, 5) is 32.0. The average molecular weight is 487 g/mol. The Hall–Kier alpha value is -2.75. The molecule has 1 saturated heterocycles. The van der Waals surface area contributed by atoms with Gasteiger partial charge in [-0.05, 0) is 35.9 Å².